The molecular formula is C15H15NO4. The predicted octanol–water partition coefficient (Wildman–Crippen LogP) is 1.10. The third-order valence-corrected chi connectivity index (χ3v) is 3.01. The Labute approximate surface area is 116 Å². The molecule has 1 amide bonds. The van der Waals surface area contributed by atoms with E-state index in [9.17, 15) is 9.59 Å². The number of carbonyl (C=O) groups is 2. The summed E-state index contributed by atoms with van der Waals surface area (Å²) in [4.78, 5) is 23.6. The fourth-order valence-electron chi connectivity index (χ4n) is 1.98. The number of hydrogen-bond acceptors (Lipinski definition) is 4. The van der Waals surface area contributed by atoms with E-state index in [1.807, 2.05) is 30.3 Å². The summed E-state index contributed by atoms with van der Waals surface area (Å²) >= 11 is 0. The second kappa shape index (κ2) is 6.16. The number of fused-ring (bicyclic) bond motifs is 1. The summed E-state index contributed by atoms with van der Waals surface area (Å²) in [5.74, 6) is -1.10. The molecule has 0 saturated heterocycles. The quantitative estimate of drug-likeness (QED) is 0.818. The topological polar surface area (TPSA) is 75.6 Å². The van der Waals surface area contributed by atoms with Gasteiger partial charge in [-0.15, -0.1) is 0 Å². The van der Waals surface area contributed by atoms with Crippen LogP contribution in [0.4, 0.5) is 0 Å². The molecule has 0 bridgehead atoms. The van der Waals surface area contributed by atoms with E-state index in [0.717, 1.165) is 10.8 Å². The number of esters is 1. The first-order chi connectivity index (χ1) is 9.67. The molecule has 0 spiro atoms. The van der Waals surface area contributed by atoms with E-state index in [0.29, 0.717) is 5.56 Å². The van der Waals surface area contributed by atoms with Crippen LogP contribution in [-0.4, -0.2) is 36.7 Å². The minimum Gasteiger partial charge on any atom is -0.467 e. The van der Waals surface area contributed by atoms with Crippen LogP contribution in [0, 0.1) is 0 Å². The molecule has 0 saturated carbocycles. The van der Waals surface area contributed by atoms with Crippen molar-refractivity contribution in [3.05, 3.63) is 48.0 Å². The van der Waals surface area contributed by atoms with Crippen LogP contribution in [0.25, 0.3) is 10.8 Å². The zero-order valence-corrected chi connectivity index (χ0v) is 11.0. The number of nitrogens with one attached hydrogen (secondary N) is 1. The van der Waals surface area contributed by atoms with E-state index >= 15 is 0 Å². The third-order valence-electron chi connectivity index (χ3n) is 3.01. The average Bonchev–Trinajstić information content (AvgIpc) is 2.51. The largest absolute Gasteiger partial charge is 0.467 e. The molecule has 0 aliphatic rings. The maximum Gasteiger partial charge on any atom is 0.330 e. The lowest BCUT2D eigenvalue weighted by Gasteiger charge is -2.14. The second-order valence-electron chi connectivity index (χ2n) is 4.26. The van der Waals surface area contributed by atoms with Crippen molar-refractivity contribution in [1.29, 1.82) is 0 Å². The summed E-state index contributed by atoms with van der Waals surface area (Å²) in [6, 6.07) is 11.7. The van der Waals surface area contributed by atoms with Gasteiger partial charge in [-0.1, -0.05) is 36.4 Å². The number of amides is 1. The number of hydrogen-bond donors (Lipinski definition) is 2. The molecule has 2 aromatic carbocycles. The standard InChI is InChI=1S/C15H15NO4/c1-20-15(19)13(9-17)16-14(18)12-8-4-6-10-5-2-3-7-11(10)12/h2-8,13,17H,9H2,1H3,(H,16,18). The first-order valence-corrected chi connectivity index (χ1v) is 6.14. The SMILES string of the molecule is COC(=O)C(CO)NC(=O)c1cccc2ccccc12. The highest BCUT2D eigenvalue weighted by Gasteiger charge is 2.21. The highest BCUT2D eigenvalue weighted by atomic mass is 16.5. The molecule has 2 rings (SSSR count). The molecule has 0 aliphatic heterocycles. The van der Waals surface area contributed by atoms with Crippen molar-refractivity contribution in [3.63, 3.8) is 0 Å². The fourth-order valence-corrected chi connectivity index (χ4v) is 1.98. The van der Waals surface area contributed by atoms with Gasteiger partial charge in [-0.2, -0.15) is 0 Å². The van der Waals surface area contributed by atoms with E-state index in [1.54, 1.807) is 12.1 Å². The Bertz CT molecular complexity index is 633. The van der Waals surface area contributed by atoms with Gasteiger partial charge in [0, 0.05) is 5.56 Å². The molecule has 1 atom stereocenters. The molecule has 2 aromatic rings. The molecule has 104 valence electrons. The van der Waals surface area contributed by atoms with Gasteiger partial charge < -0.3 is 15.2 Å². The summed E-state index contributed by atoms with van der Waals surface area (Å²) in [6.45, 7) is -0.511. The Hall–Kier alpha value is -2.40. The Morgan fingerprint density at radius 3 is 2.60 bits per heavy atom. The second-order valence-corrected chi connectivity index (χ2v) is 4.26. The molecule has 0 heterocycles. The molecule has 5 nitrogen and oxygen atoms in total. The van der Waals surface area contributed by atoms with Gasteiger partial charge in [0.2, 0.25) is 0 Å². The predicted molar refractivity (Wildman–Crippen MR) is 74.3 cm³/mol. The van der Waals surface area contributed by atoms with Crippen LogP contribution in [0.2, 0.25) is 0 Å². The first-order valence-electron chi connectivity index (χ1n) is 6.14. The van der Waals surface area contributed by atoms with Crippen molar-refractivity contribution in [2.75, 3.05) is 13.7 Å². The summed E-state index contributed by atoms with van der Waals surface area (Å²) in [5, 5.41) is 13.3. The maximum absolute atomic E-state index is 12.2. The van der Waals surface area contributed by atoms with Gasteiger partial charge >= 0.3 is 5.97 Å². The van der Waals surface area contributed by atoms with Crippen LogP contribution in [0.15, 0.2) is 42.5 Å². The number of ether oxygens (including phenoxy) is 1. The van der Waals surface area contributed by atoms with Crippen LogP contribution < -0.4 is 5.32 Å². The molecule has 1 unspecified atom stereocenters. The van der Waals surface area contributed by atoms with Crippen LogP contribution in [0.3, 0.4) is 0 Å². The van der Waals surface area contributed by atoms with Gasteiger partial charge in [0.15, 0.2) is 6.04 Å². The van der Waals surface area contributed by atoms with Crippen LogP contribution in [0.5, 0.6) is 0 Å². The number of carbonyl (C=O) groups excluding carboxylic acids is 2. The van der Waals surface area contributed by atoms with E-state index < -0.39 is 24.5 Å². The van der Waals surface area contributed by atoms with Gasteiger partial charge in [0.25, 0.3) is 5.91 Å². The van der Waals surface area contributed by atoms with Crippen LogP contribution >= 0.6 is 0 Å². The zero-order valence-electron chi connectivity index (χ0n) is 11.0. The van der Waals surface area contributed by atoms with Crippen molar-refractivity contribution in [1.82, 2.24) is 5.32 Å². The average molecular weight is 273 g/mol. The molecule has 2 N–H and O–H groups in total. The zero-order chi connectivity index (χ0) is 14.5. The van der Waals surface area contributed by atoms with Gasteiger partial charge in [0.1, 0.15) is 0 Å². The van der Waals surface area contributed by atoms with Crippen molar-refractivity contribution in [2.45, 2.75) is 6.04 Å². The minimum atomic E-state index is -1.06. The molecule has 0 aliphatic carbocycles. The lowest BCUT2D eigenvalue weighted by molar-refractivity contribution is -0.143. The van der Waals surface area contributed by atoms with E-state index in [-0.39, 0.29) is 0 Å². The van der Waals surface area contributed by atoms with Gasteiger partial charge in [0.05, 0.1) is 13.7 Å². The summed E-state index contributed by atoms with van der Waals surface area (Å²) in [7, 11) is 1.20. The Morgan fingerprint density at radius 1 is 1.20 bits per heavy atom. The summed E-state index contributed by atoms with van der Waals surface area (Å²) < 4.78 is 4.51. The number of aliphatic hydroxyl groups excluding tert-OH is 1. The highest BCUT2D eigenvalue weighted by molar-refractivity contribution is 6.07. The normalized spacial score (nSPS) is 11.9. The molecule has 0 radical (unpaired) electrons. The molecule has 0 aromatic heterocycles. The van der Waals surface area contributed by atoms with E-state index in [1.165, 1.54) is 7.11 Å². The number of aliphatic hydroxyl groups is 1. The molecular weight excluding hydrogens is 258 g/mol. The minimum absolute atomic E-state index is 0.425. The van der Waals surface area contributed by atoms with Crippen molar-refractivity contribution < 1.29 is 19.4 Å². The third kappa shape index (κ3) is 2.78. The summed E-state index contributed by atoms with van der Waals surface area (Å²) in [6.07, 6.45) is 0. The lowest BCUT2D eigenvalue weighted by atomic mass is 10.0. The highest BCUT2D eigenvalue weighted by Crippen LogP contribution is 2.18. The molecule has 0 fully saturated rings. The Kier molecular flexibility index (Phi) is 4.32. The monoisotopic (exact) mass is 273 g/mol. The van der Waals surface area contributed by atoms with Crippen molar-refractivity contribution in [2.24, 2.45) is 0 Å². The van der Waals surface area contributed by atoms with E-state index in [4.69, 9.17) is 5.11 Å². The van der Waals surface area contributed by atoms with Crippen LogP contribution in [-0.2, 0) is 9.53 Å². The lowest BCUT2D eigenvalue weighted by Crippen LogP contribution is -2.44. The van der Waals surface area contributed by atoms with Gasteiger partial charge in [-0.3, -0.25) is 4.79 Å². The molecule has 5 heteroatoms. The smallest absolute Gasteiger partial charge is 0.330 e. The van der Waals surface area contributed by atoms with Crippen molar-refractivity contribution >= 4 is 22.6 Å². The Balaban J connectivity index is 2.30. The van der Waals surface area contributed by atoms with Gasteiger partial charge in [-0.25, -0.2) is 4.79 Å². The van der Waals surface area contributed by atoms with E-state index in [2.05, 4.69) is 10.1 Å². The maximum atomic E-state index is 12.2. The first kappa shape index (κ1) is 14.0. The Morgan fingerprint density at radius 2 is 1.90 bits per heavy atom. The number of rotatable bonds is 4. The van der Waals surface area contributed by atoms with Crippen molar-refractivity contribution in [3.8, 4) is 0 Å². The number of methoxy groups -OCH3 is 1. The molecule has 20 heavy (non-hydrogen) atoms. The van der Waals surface area contributed by atoms with Gasteiger partial charge in [-0.05, 0) is 16.8 Å². The van der Waals surface area contributed by atoms with Crippen LogP contribution in [0.1, 0.15) is 10.4 Å². The fraction of sp³-hybridized carbons (Fsp3) is 0.200. The summed E-state index contributed by atoms with van der Waals surface area (Å²) in [5.41, 5.74) is 0.449. The number of benzene rings is 2.